The van der Waals surface area contributed by atoms with E-state index in [1.807, 2.05) is 0 Å². The number of primary amides is 1. The van der Waals surface area contributed by atoms with E-state index in [0.717, 1.165) is 0 Å². The molecule has 2 N–H and O–H groups in total. The number of alkyl halides is 3. The van der Waals surface area contributed by atoms with E-state index in [0.29, 0.717) is 11.1 Å². The summed E-state index contributed by atoms with van der Waals surface area (Å²) in [5.74, 6) is -1.03. The number of rotatable bonds is 3. The first kappa shape index (κ1) is 15.2. The maximum absolute atomic E-state index is 12.2. The molecule has 0 radical (unpaired) electrons. The average Bonchev–Trinajstić information content (AvgIpc) is 2.37. The summed E-state index contributed by atoms with van der Waals surface area (Å²) in [6, 6.07) is 9.59. The van der Waals surface area contributed by atoms with Gasteiger partial charge < -0.3 is 10.5 Å². The number of nitrogens with two attached hydrogens (primary N) is 1. The fourth-order valence-corrected chi connectivity index (χ4v) is 1.99. The van der Waals surface area contributed by atoms with E-state index in [9.17, 15) is 18.0 Å². The molecule has 0 aromatic heterocycles. The van der Waals surface area contributed by atoms with Gasteiger partial charge in [-0.1, -0.05) is 23.7 Å². The minimum Gasteiger partial charge on any atom is -0.406 e. The van der Waals surface area contributed by atoms with Gasteiger partial charge in [0.1, 0.15) is 5.75 Å². The number of halogens is 4. The van der Waals surface area contributed by atoms with Crippen LogP contribution in [0.2, 0.25) is 5.02 Å². The summed E-state index contributed by atoms with van der Waals surface area (Å²) in [5, 5.41) is 0.282. The number of carbonyl (C=O) groups is 1. The topological polar surface area (TPSA) is 52.3 Å². The molecular weight excluding hydrogens is 307 g/mol. The molecule has 2 aromatic rings. The van der Waals surface area contributed by atoms with Gasteiger partial charge >= 0.3 is 6.36 Å². The quantitative estimate of drug-likeness (QED) is 0.930. The Morgan fingerprint density at radius 3 is 2.48 bits per heavy atom. The molecule has 0 aliphatic carbocycles. The van der Waals surface area contributed by atoms with Crippen LogP contribution in [-0.2, 0) is 0 Å². The minimum atomic E-state index is -4.78. The number of hydrogen-bond acceptors (Lipinski definition) is 2. The average molecular weight is 316 g/mol. The molecule has 2 rings (SSSR count). The second kappa shape index (κ2) is 5.65. The van der Waals surface area contributed by atoms with Crippen LogP contribution in [-0.4, -0.2) is 12.3 Å². The fraction of sp³-hybridized carbons (Fsp3) is 0.0714. The molecule has 0 saturated heterocycles. The molecule has 0 spiro atoms. The van der Waals surface area contributed by atoms with Crippen molar-refractivity contribution in [3.05, 3.63) is 53.1 Å². The highest BCUT2D eigenvalue weighted by Crippen LogP contribution is 2.32. The van der Waals surface area contributed by atoms with Crippen LogP contribution in [0.3, 0.4) is 0 Å². The molecule has 0 aliphatic rings. The van der Waals surface area contributed by atoms with Crippen LogP contribution in [0.5, 0.6) is 5.75 Å². The SMILES string of the molecule is NC(=O)c1ccc(Cl)c(-c2cccc(OC(F)(F)F)c2)c1. The van der Waals surface area contributed by atoms with Gasteiger partial charge in [-0.05, 0) is 35.9 Å². The third-order valence-electron chi connectivity index (χ3n) is 2.63. The lowest BCUT2D eigenvalue weighted by atomic mass is 10.0. The Bertz CT molecular complexity index is 686. The van der Waals surface area contributed by atoms with Crippen LogP contribution in [0.25, 0.3) is 11.1 Å². The standard InChI is InChI=1S/C14H9ClF3NO2/c15-12-5-4-9(13(19)20)7-11(12)8-2-1-3-10(6-8)21-14(16,17)18/h1-7H,(H2,19,20). The van der Waals surface area contributed by atoms with Gasteiger partial charge in [0.15, 0.2) is 0 Å². The van der Waals surface area contributed by atoms with Crippen LogP contribution in [0.1, 0.15) is 10.4 Å². The normalized spacial score (nSPS) is 11.2. The largest absolute Gasteiger partial charge is 0.573 e. The molecular formula is C14H9ClF3NO2. The van der Waals surface area contributed by atoms with E-state index >= 15 is 0 Å². The molecule has 0 fully saturated rings. The monoisotopic (exact) mass is 315 g/mol. The smallest absolute Gasteiger partial charge is 0.406 e. The van der Waals surface area contributed by atoms with Crippen LogP contribution < -0.4 is 10.5 Å². The number of amides is 1. The van der Waals surface area contributed by atoms with E-state index in [4.69, 9.17) is 17.3 Å². The number of carbonyl (C=O) groups excluding carboxylic acids is 1. The van der Waals surface area contributed by atoms with E-state index in [2.05, 4.69) is 4.74 Å². The third-order valence-corrected chi connectivity index (χ3v) is 2.96. The van der Waals surface area contributed by atoms with Crippen molar-refractivity contribution < 1.29 is 22.7 Å². The van der Waals surface area contributed by atoms with Gasteiger partial charge in [0.2, 0.25) is 5.91 Å². The molecule has 0 bridgehead atoms. The third kappa shape index (κ3) is 3.88. The molecule has 2 aromatic carbocycles. The Morgan fingerprint density at radius 2 is 1.86 bits per heavy atom. The van der Waals surface area contributed by atoms with E-state index in [-0.39, 0.29) is 16.3 Å². The summed E-state index contributed by atoms with van der Waals surface area (Å²) >= 11 is 6.01. The van der Waals surface area contributed by atoms with Gasteiger partial charge in [-0.15, -0.1) is 13.2 Å². The highest BCUT2D eigenvalue weighted by molar-refractivity contribution is 6.33. The summed E-state index contributed by atoms with van der Waals surface area (Å²) in [6.45, 7) is 0. The summed E-state index contributed by atoms with van der Waals surface area (Å²) in [7, 11) is 0. The Morgan fingerprint density at radius 1 is 1.14 bits per heavy atom. The zero-order valence-electron chi connectivity index (χ0n) is 10.4. The summed E-state index contributed by atoms with van der Waals surface area (Å²) in [4.78, 5) is 11.2. The van der Waals surface area contributed by atoms with Gasteiger partial charge in [0.25, 0.3) is 0 Å². The van der Waals surface area contributed by atoms with Crippen molar-refractivity contribution in [1.82, 2.24) is 0 Å². The first-order valence-corrected chi connectivity index (χ1v) is 6.09. The van der Waals surface area contributed by atoms with Crippen molar-refractivity contribution in [1.29, 1.82) is 0 Å². The number of ether oxygens (including phenoxy) is 1. The predicted octanol–water partition coefficient (Wildman–Crippen LogP) is 4.00. The second-order valence-corrected chi connectivity index (χ2v) is 4.54. The van der Waals surface area contributed by atoms with Crippen LogP contribution >= 0.6 is 11.6 Å². The van der Waals surface area contributed by atoms with E-state index in [1.54, 1.807) is 6.07 Å². The molecule has 0 heterocycles. The Hall–Kier alpha value is -2.21. The fourth-order valence-electron chi connectivity index (χ4n) is 1.76. The van der Waals surface area contributed by atoms with Gasteiger partial charge in [-0.3, -0.25) is 4.79 Å². The van der Waals surface area contributed by atoms with Crippen molar-refractivity contribution in [3.8, 4) is 16.9 Å². The molecule has 7 heteroatoms. The molecule has 0 unspecified atom stereocenters. The van der Waals surface area contributed by atoms with Gasteiger partial charge in [0.05, 0.1) is 0 Å². The first-order valence-electron chi connectivity index (χ1n) is 5.72. The minimum absolute atomic E-state index is 0.205. The molecule has 110 valence electrons. The van der Waals surface area contributed by atoms with Crippen molar-refractivity contribution in [3.63, 3.8) is 0 Å². The first-order chi connectivity index (χ1) is 9.76. The Balaban J connectivity index is 2.45. The Kier molecular flexibility index (Phi) is 4.09. The maximum atomic E-state index is 12.2. The highest BCUT2D eigenvalue weighted by atomic mass is 35.5. The zero-order valence-corrected chi connectivity index (χ0v) is 11.2. The van der Waals surface area contributed by atoms with Crippen LogP contribution in [0, 0.1) is 0 Å². The molecule has 0 atom stereocenters. The zero-order chi connectivity index (χ0) is 15.6. The summed E-state index contributed by atoms with van der Waals surface area (Å²) in [5.41, 5.74) is 6.14. The van der Waals surface area contributed by atoms with E-state index in [1.165, 1.54) is 36.4 Å². The van der Waals surface area contributed by atoms with Crippen LogP contribution in [0.15, 0.2) is 42.5 Å². The summed E-state index contributed by atoms with van der Waals surface area (Å²) < 4.78 is 40.5. The molecule has 0 aliphatic heterocycles. The molecule has 21 heavy (non-hydrogen) atoms. The van der Waals surface area contributed by atoms with Crippen molar-refractivity contribution in [2.75, 3.05) is 0 Å². The maximum Gasteiger partial charge on any atom is 0.573 e. The molecule has 0 saturated carbocycles. The number of hydrogen-bond donors (Lipinski definition) is 1. The lowest BCUT2D eigenvalue weighted by molar-refractivity contribution is -0.274. The predicted molar refractivity (Wildman–Crippen MR) is 72.1 cm³/mol. The molecule has 3 nitrogen and oxygen atoms in total. The number of benzene rings is 2. The van der Waals surface area contributed by atoms with Gasteiger partial charge in [0, 0.05) is 16.1 Å². The second-order valence-electron chi connectivity index (χ2n) is 4.13. The van der Waals surface area contributed by atoms with Crippen molar-refractivity contribution >= 4 is 17.5 Å². The van der Waals surface area contributed by atoms with Crippen LogP contribution in [0.4, 0.5) is 13.2 Å². The Labute approximate surface area is 123 Å². The van der Waals surface area contributed by atoms with Crippen molar-refractivity contribution in [2.24, 2.45) is 5.73 Å². The lowest BCUT2D eigenvalue weighted by Gasteiger charge is -2.11. The van der Waals surface area contributed by atoms with Gasteiger partial charge in [-0.25, -0.2) is 0 Å². The van der Waals surface area contributed by atoms with E-state index < -0.39 is 12.3 Å². The molecule has 1 amide bonds. The van der Waals surface area contributed by atoms with Gasteiger partial charge in [-0.2, -0.15) is 0 Å². The lowest BCUT2D eigenvalue weighted by Crippen LogP contribution is -2.17. The van der Waals surface area contributed by atoms with Crippen molar-refractivity contribution in [2.45, 2.75) is 6.36 Å². The highest BCUT2D eigenvalue weighted by Gasteiger charge is 2.31. The summed E-state index contributed by atoms with van der Waals surface area (Å²) in [6.07, 6.45) is -4.78.